The summed E-state index contributed by atoms with van der Waals surface area (Å²) in [5, 5.41) is 9.65. The Bertz CT molecular complexity index is 2260. The van der Waals surface area contributed by atoms with E-state index in [1.165, 1.54) is 22.8 Å². The number of piperidine rings is 1. The zero-order chi connectivity index (χ0) is 45.9. The smallest absolute Gasteiger partial charge is 0.328 e. The first kappa shape index (κ1) is 47.0. The number of carbonyl (C=O) groups is 7. The van der Waals surface area contributed by atoms with Crippen LogP contribution in [-0.2, 0) is 49.9 Å². The van der Waals surface area contributed by atoms with Crippen LogP contribution in [0.15, 0.2) is 36.4 Å². The lowest BCUT2D eigenvalue weighted by Gasteiger charge is -2.39. The van der Waals surface area contributed by atoms with Crippen molar-refractivity contribution in [3.63, 3.8) is 0 Å². The minimum Gasteiger partial charge on any atom is -0.461 e. The van der Waals surface area contributed by atoms with E-state index in [2.05, 4.69) is 26.0 Å². The number of sulfonamides is 1. The zero-order valence-electron chi connectivity index (χ0n) is 34.5. The number of cyclic esters (lactones) is 1. The SMILES string of the molecule is C[C@@H]1C[C@H]2C(=O)OC[C@H](NC(=O)[C@H](Cc3cc(F)cc(F)c3)NC(=O)Nc3ccc(Cl)cc3F)C(=O)N3CC(NS(C)(=O)=O)C[C@H]3C(=O)N3CCCC[C@H]3C(=O)N[C@@H](C)C(=O)N2C1. The fraction of sp³-hybridized carbons (Fsp3) is 0.525. The molecule has 4 saturated heterocycles. The Balaban J connectivity index is 1.37. The number of halogens is 4. The molecule has 0 bridgehead atoms. The second-order valence-electron chi connectivity index (χ2n) is 16.4. The molecule has 4 fully saturated rings. The van der Waals surface area contributed by atoms with Crippen LogP contribution in [0.4, 0.5) is 23.7 Å². The van der Waals surface area contributed by atoms with Crippen LogP contribution in [0.25, 0.3) is 0 Å². The Hall–Kier alpha value is -5.48. The van der Waals surface area contributed by atoms with E-state index < -0.39 is 131 Å². The van der Waals surface area contributed by atoms with Gasteiger partial charge in [0, 0.05) is 43.2 Å². The topological polar surface area (TPSA) is 233 Å². The van der Waals surface area contributed by atoms with Gasteiger partial charge in [0.25, 0.3) is 0 Å². The number of anilines is 1. The van der Waals surface area contributed by atoms with E-state index in [1.807, 2.05) is 0 Å². The van der Waals surface area contributed by atoms with Gasteiger partial charge in [0.15, 0.2) is 0 Å². The first-order valence-electron chi connectivity index (χ1n) is 20.3. The molecule has 6 rings (SSSR count). The Morgan fingerprint density at radius 2 is 1.59 bits per heavy atom. The number of nitrogens with zero attached hydrogens (tertiary/aromatic N) is 3. The van der Waals surface area contributed by atoms with E-state index in [-0.39, 0.29) is 54.5 Å². The Morgan fingerprint density at radius 3 is 2.27 bits per heavy atom. The largest absolute Gasteiger partial charge is 0.461 e. The van der Waals surface area contributed by atoms with Crippen molar-refractivity contribution in [2.75, 3.05) is 37.8 Å². The first-order chi connectivity index (χ1) is 29.7. The second-order valence-corrected chi connectivity index (χ2v) is 18.6. The molecule has 0 radical (unpaired) electrons. The molecule has 5 N–H and O–H groups in total. The lowest BCUT2D eigenvalue weighted by molar-refractivity contribution is -0.158. The number of hydrogen-bond donors (Lipinski definition) is 5. The molecule has 63 heavy (non-hydrogen) atoms. The molecule has 0 spiro atoms. The highest BCUT2D eigenvalue weighted by Crippen LogP contribution is 2.29. The lowest BCUT2D eigenvalue weighted by Crippen LogP contribution is -2.62. The molecule has 4 aliphatic rings. The van der Waals surface area contributed by atoms with Crippen LogP contribution in [-0.4, -0.2) is 139 Å². The van der Waals surface area contributed by atoms with Gasteiger partial charge in [-0.3, -0.25) is 24.0 Å². The molecule has 18 nitrogen and oxygen atoms in total. The molecule has 4 heterocycles. The molecule has 0 aromatic heterocycles. The van der Waals surface area contributed by atoms with Gasteiger partial charge < -0.3 is 40.7 Å². The van der Waals surface area contributed by atoms with Crippen LogP contribution in [0, 0.1) is 23.4 Å². The van der Waals surface area contributed by atoms with Crippen LogP contribution < -0.4 is 26.0 Å². The molecule has 7 amide bonds. The monoisotopic (exact) mass is 924 g/mol. The molecule has 2 aromatic rings. The van der Waals surface area contributed by atoms with Crippen molar-refractivity contribution < 1.29 is 59.9 Å². The van der Waals surface area contributed by atoms with Crippen molar-refractivity contribution in [3.8, 4) is 0 Å². The average Bonchev–Trinajstić information content (AvgIpc) is 3.81. The summed E-state index contributed by atoms with van der Waals surface area (Å²) in [6.07, 6.45) is 1.41. The number of urea groups is 1. The number of rotatable bonds is 8. The van der Waals surface area contributed by atoms with E-state index in [4.69, 9.17) is 16.3 Å². The van der Waals surface area contributed by atoms with Crippen molar-refractivity contribution in [3.05, 3.63) is 64.4 Å². The van der Waals surface area contributed by atoms with Crippen LogP contribution in [0.5, 0.6) is 0 Å². The standard InChI is InChI=1S/C40H48ClF3N8O10S/c1-20-10-33-39(58)62-19-30(46-34(53)29(13-22-11-24(42)15-25(43)12-22)48-40(59)47-28-8-7-23(41)14-27(28)44)37(56)52-18-26(49-63(3,60)61)16-32(52)38(57)50-9-5-4-6-31(50)35(54)45-21(2)36(55)51(33)17-20/h7-8,11-12,14-15,20-21,26,29-33,49H,4-6,9-10,13,16-19H2,1-3H3,(H,45,54)(H,46,53)(H2,47,48,59)/t20-,21+,26?,29+,30+,31+,32+,33+/m1/s1. The molecule has 0 saturated carbocycles. The predicted octanol–water partition coefficient (Wildman–Crippen LogP) is 1.17. The van der Waals surface area contributed by atoms with E-state index in [0.717, 1.165) is 35.4 Å². The molecule has 0 aliphatic carbocycles. The van der Waals surface area contributed by atoms with Crippen molar-refractivity contribution in [2.45, 2.75) is 94.7 Å². The van der Waals surface area contributed by atoms with Gasteiger partial charge in [-0.05, 0) is 80.8 Å². The molecule has 8 atom stereocenters. The molecule has 342 valence electrons. The van der Waals surface area contributed by atoms with Crippen molar-refractivity contribution in [1.29, 1.82) is 0 Å². The third-order valence-electron chi connectivity index (χ3n) is 11.3. The van der Waals surface area contributed by atoms with E-state index >= 15 is 0 Å². The summed E-state index contributed by atoms with van der Waals surface area (Å²) in [6, 6.07) is -4.94. The maximum Gasteiger partial charge on any atom is 0.328 e. The highest BCUT2D eigenvalue weighted by Gasteiger charge is 2.48. The Morgan fingerprint density at radius 1 is 0.889 bits per heavy atom. The number of fused-ring (bicyclic) bond motifs is 3. The average molecular weight is 925 g/mol. The molecule has 4 aliphatic heterocycles. The van der Waals surface area contributed by atoms with Gasteiger partial charge in [-0.1, -0.05) is 18.5 Å². The van der Waals surface area contributed by atoms with E-state index in [0.29, 0.717) is 18.9 Å². The number of esters is 1. The van der Waals surface area contributed by atoms with Crippen LogP contribution in [0.3, 0.4) is 0 Å². The highest BCUT2D eigenvalue weighted by atomic mass is 35.5. The number of ether oxygens (including phenoxy) is 1. The van der Waals surface area contributed by atoms with E-state index in [9.17, 15) is 55.2 Å². The number of nitrogens with one attached hydrogen (secondary N) is 5. The summed E-state index contributed by atoms with van der Waals surface area (Å²) in [7, 11) is -3.91. The maximum atomic E-state index is 14.8. The summed E-state index contributed by atoms with van der Waals surface area (Å²) in [5.41, 5.74) is -0.484. The quantitative estimate of drug-likeness (QED) is 0.237. The van der Waals surface area contributed by atoms with Crippen LogP contribution in [0.2, 0.25) is 5.02 Å². The summed E-state index contributed by atoms with van der Waals surface area (Å²) < 4.78 is 76.2. The number of carbonyl (C=O) groups excluding carboxylic acids is 7. The normalized spacial score (nSPS) is 26.6. The summed E-state index contributed by atoms with van der Waals surface area (Å²) in [4.78, 5) is 102. The van der Waals surface area contributed by atoms with Gasteiger partial charge >= 0.3 is 12.0 Å². The Kier molecular flexibility index (Phi) is 14.6. The third kappa shape index (κ3) is 11.6. The molecular formula is C40H48ClF3N8O10S. The first-order valence-corrected chi connectivity index (χ1v) is 22.6. The van der Waals surface area contributed by atoms with Gasteiger partial charge in [0.05, 0.1) is 11.9 Å². The number of hydrogen-bond acceptors (Lipinski definition) is 10. The van der Waals surface area contributed by atoms with Crippen molar-refractivity contribution in [1.82, 2.24) is 35.4 Å². The Labute approximate surface area is 366 Å². The van der Waals surface area contributed by atoms with Gasteiger partial charge in [-0.25, -0.2) is 35.9 Å². The minimum atomic E-state index is -3.91. The fourth-order valence-corrected chi connectivity index (χ4v) is 9.42. The highest BCUT2D eigenvalue weighted by molar-refractivity contribution is 7.88. The number of amides is 7. The predicted molar refractivity (Wildman–Crippen MR) is 218 cm³/mol. The molecular weight excluding hydrogens is 877 g/mol. The van der Waals surface area contributed by atoms with Crippen molar-refractivity contribution in [2.24, 2.45) is 5.92 Å². The van der Waals surface area contributed by atoms with Gasteiger partial charge in [0.1, 0.15) is 60.3 Å². The van der Waals surface area contributed by atoms with Gasteiger partial charge in [-0.2, -0.15) is 0 Å². The van der Waals surface area contributed by atoms with Gasteiger partial charge in [0.2, 0.25) is 39.6 Å². The van der Waals surface area contributed by atoms with Crippen LogP contribution >= 0.6 is 11.6 Å². The summed E-state index contributed by atoms with van der Waals surface area (Å²) >= 11 is 5.83. The fourth-order valence-electron chi connectivity index (χ4n) is 8.48. The summed E-state index contributed by atoms with van der Waals surface area (Å²) in [6.45, 7) is 2.13. The van der Waals surface area contributed by atoms with Gasteiger partial charge in [-0.15, -0.1) is 0 Å². The molecule has 1 unspecified atom stereocenters. The third-order valence-corrected chi connectivity index (χ3v) is 12.3. The maximum absolute atomic E-state index is 14.8. The molecule has 2 aromatic carbocycles. The van der Waals surface area contributed by atoms with Crippen LogP contribution in [0.1, 0.15) is 51.5 Å². The number of benzene rings is 2. The summed E-state index contributed by atoms with van der Waals surface area (Å²) in [5.74, 6) is -8.32. The van der Waals surface area contributed by atoms with E-state index in [1.54, 1.807) is 6.92 Å². The second kappa shape index (κ2) is 19.5. The lowest BCUT2D eigenvalue weighted by atomic mass is 9.99. The molecule has 23 heteroatoms. The zero-order valence-corrected chi connectivity index (χ0v) is 36.1. The minimum absolute atomic E-state index is 0.0152. The van der Waals surface area contributed by atoms with Crippen molar-refractivity contribution >= 4 is 68.8 Å².